The molecule has 0 aliphatic rings. The molecule has 3 N–H and O–H groups in total. The summed E-state index contributed by atoms with van der Waals surface area (Å²) in [6, 6.07) is 9.17. The lowest BCUT2D eigenvalue weighted by Crippen LogP contribution is -2.30. The van der Waals surface area contributed by atoms with Gasteiger partial charge in [-0.05, 0) is 5.56 Å². The largest absolute Gasteiger partial charge is 0.479 e. The van der Waals surface area contributed by atoms with Crippen molar-refractivity contribution >= 4 is 12.1 Å². The highest BCUT2D eigenvalue weighted by molar-refractivity contribution is 5.72. The number of carboxylic acids is 1. The molecule has 1 aromatic carbocycles. The van der Waals surface area contributed by atoms with Crippen LogP contribution >= 0.6 is 0 Å². The van der Waals surface area contributed by atoms with Gasteiger partial charge in [-0.2, -0.15) is 0 Å². The average molecular weight is 269 g/mol. The number of carbonyl (C=O) groups is 2. The number of carboxylic acid groups (broad SMARTS) is 1. The first-order valence-corrected chi connectivity index (χ1v) is 5.45. The molecule has 106 valence electrons. The summed E-state index contributed by atoms with van der Waals surface area (Å²) in [4.78, 5) is 21.5. The first-order chi connectivity index (χ1) is 8.59. The number of rotatable bonds is 6. The van der Waals surface area contributed by atoms with E-state index < -0.39 is 18.2 Å². The maximum Gasteiger partial charge on any atom is 0.407 e. The summed E-state index contributed by atoms with van der Waals surface area (Å²) in [6.07, 6.45) is -2.17. The number of alkyl carbamates (subject to hydrolysis) is 1. The fourth-order valence-corrected chi connectivity index (χ4v) is 1.21. The number of aliphatic carboxylic acids is 1. The van der Waals surface area contributed by atoms with E-state index in [4.69, 9.17) is 14.9 Å². The Balaban J connectivity index is 0.00000324. The molecule has 0 saturated carbocycles. The number of aliphatic hydroxyl groups is 1. The van der Waals surface area contributed by atoms with Gasteiger partial charge >= 0.3 is 12.1 Å². The number of nitrogens with one attached hydrogen (secondary N) is 1. The summed E-state index contributed by atoms with van der Waals surface area (Å²) in [5, 5.41) is 19.7. The highest BCUT2D eigenvalue weighted by Crippen LogP contribution is 2.00. The third-order valence-electron chi connectivity index (χ3n) is 2.18. The second-order valence-electron chi connectivity index (χ2n) is 3.63. The van der Waals surface area contributed by atoms with E-state index in [-0.39, 0.29) is 27.0 Å². The van der Waals surface area contributed by atoms with Crippen LogP contribution in [0.25, 0.3) is 0 Å². The monoisotopic (exact) mass is 269 g/mol. The highest BCUT2D eigenvalue weighted by atomic mass is 16.5. The Labute approximate surface area is 112 Å². The maximum absolute atomic E-state index is 11.2. The third kappa shape index (κ3) is 7.05. The zero-order valence-electron chi connectivity index (χ0n) is 9.70. The van der Waals surface area contributed by atoms with Crippen molar-refractivity contribution in [2.75, 3.05) is 6.54 Å². The number of ether oxygens (including phenoxy) is 1. The topological polar surface area (TPSA) is 95.9 Å². The van der Waals surface area contributed by atoms with Crippen molar-refractivity contribution in [1.82, 2.24) is 5.32 Å². The molecule has 0 saturated heterocycles. The van der Waals surface area contributed by atoms with Gasteiger partial charge in [-0.15, -0.1) is 0 Å². The number of aliphatic hydroxyl groups excluding tert-OH is 1. The number of carbonyl (C=O) groups excluding carboxylic acids is 1. The van der Waals surface area contributed by atoms with Crippen LogP contribution in [0.5, 0.6) is 0 Å². The van der Waals surface area contributed by atoms with E-state index in [1.54, 1.807) is 0 Å². The van der Waals surface area contributed by atoms with Crippen LogP contribution in [0.1, 0.15) is 19.4 Å². The van der Waals surface area contributed by atoms with E-state index in [1.165, 1.54) is 0 Å². The predicted octanol–water partition coefficient (Wildman–Crippen LogP) is 1.38. The van der Waals surface area contributed by atoms with Gasteiger partial charge in [0.2, 0.25) is 0 Å². The molecule has 0 fully saturated rings. The van der Waals surface area contributed by atoms with E-state index in [2.05, 4.69) is 5.32 Å². The first kappa shape index (κ1) is 16.9. The number of benzene rings is 1. The lowest BCUT2D eigenvalue weighted by molar-refractivity contribution is -0.146. The Bertz CT molecular complexity index is 393. The third-order valence-corrected chi connectivity index (χ3v) is 2.18. The molecule has 0 radical (unpaired) electrons. The fraction of sp³-hybridized carbons (Fsp3) is 0.385. The van der Waals surface area contributed by atoms with Gasteiger partial charge in [-0.3, -0.25) is 0 Å². The van der Waals surface area contributed by atoms with Gasteiger partial charge in [-0.1, -0.05) is 37.8 Å². The summed E-state index contributed by atoms with van der Waals surface area (Å²) >= 11 is 0. The first-order valence-electron chi connectivity index (χ1n) is 5.45. The molecule has 1 aromatic rings. The molecule has 0 unspecified atom stereocenters. The molecular formula is C13H19NO5. The molecule has 1 atom stereocenters. The Morgan fingerprint density at radius 3 is 2.47 bits per heavy atom. The van der Waals surface area contributed by atoms with Crippen LogP contribution in [0.3, 0.4) is 0 Å². The van der Waals surface area contributed by atoms with Gasteiger partial charge in [0.1, 0.15) is 6.61 Å². The number of hydrogen-bond donors (Lipinski definition) is 3. The van der Waals surface area contributed by atoms with E-state index >= 15 is 0 Å². The summed E-state index contributed by atoms with van der Waals surface area (Å²) in [5.74, 6) is -1.31. The molecule has 0 bridgehead atoms. The number of hydrogen-bond acceptors (Lipinski definition) is 4. The summed E-state index contributed by atoms with van der Waals surface area (Å²) in [5.41, 5.74) is 0.859. The van der Waals surface area contributed by atoms with Gasteiger partial charge in [0.05, 0.1) is 0 Å². The molecule has 6 nitrogen and oxygen atoms in total. The standard InChI is InChI=1S/C12H15NO5.CH4/c14-10(11(15)16)6-7-13-12(17)18-8-9-4-2-1-3-5-9;/h1-5,10,14H,6-8H2,(H,13,17)(H,15,16);1H4/t10-;/m0./s1. The molecular weight excluding hydrogens is 250 g/mol. The van der Waals surface area contributed by atoms with Crippen molar-refractivity contribution in [2.24, 2.45) is 0 Å². The van der Waals surface area contributed by atoms with Crippen molar-refractivity contribution in [3.05, 3.63) is 35.9 Å². The van der Waals surface area contributed by atoms with Crippen molar-refractivity contribution in [3.8, 4) is 0 Å². The summed E-state index contributed by atoms with van der Waals surface area (Å²) in [7, 11) is 0. The van der Waals surface area contributed by atoms with Gasteiger partial charge in [0.25, 0.3) is 0 Å². The van der Waals surface area contributed by atoms with Crippen LogP contribution in [0.4, 0.5) is 4.79 Å². The van der Waals surface area contributed by atoms with Crippen LogP contribution in [-0.4, -0.2) is 34.9 Å². The maximum atomic E-state index is 11.2. The Morgan fingerprint density at radius 2 is 1.89 bits per heavy atom. The lowest BCUT2D eigenvalue weighted by atomic mass is 10.2. The minimum Gasteiger partial charge on any atom is -0.479 e. The average Bonchev–Trinajstić information content (AvgIpc) is 2.37. The Kier molecular flexibility index (Phi) is 7.95. The van der Waals surface area contributed by atoms with E-state index in [9.17, 15) is 9.59 Å². The molecule has 19 heavy (non-hydrogen) atoms. The molecule has 1 rings (SSSR count). The van der Waals surface area contributed by atoms with Crippen molar-refractivity contribution in [3.63, 3.8) is 0 Å². The van der Waals surface area contributed by atoms with E-state index in [1.807, 2.05) is 30.3 Å². The second-order valence-corrected chi connectivity index (χ2v) is 3.63. The minimum atomic E-state index is -1.47. The Morgan fingerprint density at radius 1 is 1.26 bits per heavy atom. The molecule has 6 heteroatoms. The zero-order chi connectivity index (χ0) is 13.4. The van der Waals surface area contributed by atoms with Crippen LogP contribution < -0.4 is 5.32 Å². The molecule has 0 heterocycles. The number of amides is 1. The van der Waals surface area contributed by atoms with Crippen LogP contribution in [-0.2, 0) is 16.1 Å². The summed E-state index contributed by atoms with van der Waals surface area (Å²) < 4.78 is 4.89. The smallest absolute Gasteiger partial charge is 0.407 e. The van der Waals surface area contributed by atoms with Crippen molar-refractivity contribution in [2.45, 2.75) is 26.6 Å². The van der Waals surface area contributed by atoms with Crippen LogP contribution in [0, 0.1) is 0 Å². The molecule has 0 spiro atoms. The normalized spacial score (nSPS) is 11.0. The second kappa shape index (κ2) is 8.93. The van der Waals surface area contributed by atoms with Gasteiger partial charge in [-0.25, -0.2) is 9.59 Å². The van der Waals surface area contributed by atoms with E-state index in [0.717, 1.165) is 5.56 Å². The summed E-state index contributed by atoms with van der Waals surface area (Å²) in [6.45, 7) is 0.190. The van der Waals surface area contributed by atoms with E-state index in [0.29, 0.717) is 0 Å². The fourth-order valence-electron chi connectivity index (χ4n) is 1.21. The SMILES string of the molecule is C.O=C(NCC[C@H](O)C(=O)O)OCc1ccccc1. The van der Waals surface area contributed by atoms with Crippen LogP contribution in [0.15, 0.2) is 30.3 Å². The minimum absolute atomic E-state index is 0. The van der Waals surface area contributed by atoms with Gasteiger partial charge in [0, 0.05) is 13.0 Å². The van der Waals surface area contributed by atoms with Gasteiger partial charge < -0.3 is 20.3 Å². The van der Waals surface area contributed by atoms with Crippen molar-refractivity contribution in [1.29, 1.82) is 0 Å². The predicted molar refractivity (Wildman–Crippen MR) is 69.6 cm³/mol. The highest BCUT2D eigenvalue weighted by Gasteiger charge is 2.12. The molecule has 0 aromatic heterocycles. The van der Waals surface area contributed by atoms with Crippen molar-refractivity contribution < 1.29 is 24.5 Å². The lowest BCUT2D eigenvalue weighted by Gasteiger charge is -2.08. The molecule has 0 aliphatic heterocycles. The quantitative estimate of drug-likeness (QED) is 0.725. The molecule has 0 aliphatic carbocycles. The zero-order valence-corrected chi connectivity index (χ0v) is 9.70. The molecule has 1 amide bonds. The van der Waals surface area contributed by atoms with Gasteiger partial charge in [0.15, 0.2) is 6.10 Å². The Hall–Kier alpha value is -2.08. The van der Waals surface area contributed by atoms with Crippen LogP contribution in [0.2, 0.25) is 0 Å².